The third-order valence-corrected chi connectivity index (χ3v) is 3.16. The molecule has 0 radical (unpaired) electrons. The summed E-state index contributed by atoms with van der Waals surface area (Å²) >= 11 is 0. The largest absolute Gasteiger partial charge is 0.506 e. The highest BCUT2D eigenvalue weighted by atomic mass is 16.3. The molecule has 0 unspecified atom stereocenters. The van der Waals surface area contributed by atoms with E-state index < -0.39 is 0 Å². The Kier molecular flexibility index (Phi) is 2.17. The number of aromatic hydroxyl groups is 1. The van der Waals surface area contributed by atoms with Crippen molar-refractivity contribution in [3.8, 4) is 5.75 Å². The molecule has 0 amide bonds. The minimum Gasteiger partial charge on any atom is -0.506 e. The highest BCUT2D eigenvalue weighted by molar-refractivity contribution is 5.95. The molecule has 1 aliphatic heterocycles. The zero-order valence-electron chi connectivity index (χ0n) is 9.06. The van der Waals surface area contributed by atoms with Crippen molar-refractivity contribution < 1.29 is 5.11 Å². The molecule has 3 rings (SSSR count). The Morgan fingerprint density at radius 3 is 2.75 bits per heavy atom. The fraction of sp³-hybridized carbons (Fsp3) is 0.308. The van der Waals surface area contributed by atoms with Crippen molar-refractivity contribution in [3.05, 3.63) is 30.5 Å². The van der Waals surface area contributed by atoms with E-state index in [1.54, 1.807) is 12.3 Å². The molecule has 1 saturated heterocycles. The molecule has 2 aromatic rings. The normalized spacial score (nSPS) is 15.9. The predicted octanol–water partition coefficient (Wildman–Crippen LogP) is 2.54. The highest BCUT2D eigenvalue weighted by Gasteiger charge is 2.18. The van der Waals surface area contributed by atoms with Gasteiger partial charge >= 0.3 is 0 Å². The van der Waals surface area contributed by atoms with Gasteiger partial charge in [-0.1, -0.05) is 0 Å². The van der Waals surface area contributed by atoms with E-state index in [9.17, 15) is 5.11 Å². The van der Waals surface area contributed by atoms with Crippen molar-refractivity contribution >= 4 is 16.6 Å². The maximum absolute atomic E-state index is 10.00. The van der Waals surface area contributed by atoms with Crippen LogP contribution in [0.4, 0.5) is 5.69 Å². The number of benzene rings is 1. The summed E-state index contributed by atoms with van der Waals surface area (Å²) in [6.07, 6.45) is 4.19. The first-order valence-electron chi connectivity index (χ1n) is 5.68. The molecular formula is C13H14N2O. The molecule has 16 heavy (non-hydrogen) atoms. The van der Waals surface area contributed by atoms with Crippen LogP contribution in [0.15, 0.2) is 30.5 Å². The molecule has 1 aromatic carbocycles. The Morgan fingerprint density at radius 1 is 1.12 bits per heavy atom. The first-order chi connectivity index (χ1) is 7.86. The van der Waals surface area contributed by atoms with Gasteiger partial charge in [-0.3, -0.25) is 4.98 Å². The summed E-state index contributed by atoms with van der Waals surface area (Å²) in [6, 6.07) is 7.55. The Bertz CT molecular complexity index is 518. The van der Waals surface area contributed by atoms with Crippen molar-refractivity contribution in [2.24, 2.45) is 0 Å². The summed E-state index contributed by atoms with van der Waals surface area (Å²) in [4.78, 5) is 6.57. The van der Waals surface area contributed by atoms with E-state index in [2.05, 4.69) is 9.88 Å². The summed E-state index contributed by atoms with van der Waals surface area (Å²) in [7, 11) is 0. The van der Waals surface area contributed by atoms with Crippen LogP contribution in [0, 0.1) is 0 Å². The van der Waals surface area contributed by atoms with Crippen LogP contribution in [-0.2, 0) is 0 Å². The van der Waals surface area contributed by atoms with Crippen LogP contribution in [0.3, 0.4) is 0 Å². The van der Waals surface area contributed by atoms with Gasteiger partial charge in [-0.25, -0.2) is 0 Å². The minimum atomic E-state index is 0.363. The highest BCUT2D eigenvalue weighted by Crippen LogP contribution is 2.36. The monoisotopic (exact) mass is 214 g/mol. The van der Waals surface area contributed by atoms with Gasteiger partial charge in [0.25, 0.3) is 0 Å². The number of hydrogen-bond donors (Lipinski definition) is 1. The Hall–Kier alpha value is -1.77. The molecule has 3 nitrogen and oxygen atoms in total. The predicted molar refractivity (Wildman–Crippen MR) is 64.9 cm³/mol. The lowest BCUT2D eigenvalue weighted by molar-refractivity contribution is 0.475. The van der Waals surface area contributed by atoms with Crippen LogP contribution >= 0.6 is 0 Å². The summed E-state index contributed by atoms with van der Waals surface area (Å²) in [5.41, 5.74) is 1.89. The Morgan fingerprint density at radius 2 is 1.94 bits per heavy atom. The second-order valence-corrected chi connectivity index (χ2v) is 4.20. The zero-order valence-corrected chi connectivity index (χ0v) is 9.06. The van der Waals surface area contributed by atoms with Crippen LogP contribution in [0.25, 0.3) is 10.9 Å². The molecule has 0 spiro atoms. The zero-order chi connectivity index (χ0) is 11.0. The van der Waals surface area contributed by atoms with Gasteiger partial charge in [-0.15, -0.1) is 0 Å². The van der Waals surface area contributed by atoms with Gasteiger partial charge in [-0.05, 0) is 37.1 Å². The van der Waals surface area contributed by atoms with Gasteiger partial charge in [0.05, 0.1) is 11.2 Å². The van der Waals surface area contributed by atoms with Crippen molar-refractivity contribution in [1.29, 1.82) is 0 Å². The van der Waals surface area contributed by atoms with Gasteiger partial charge in [0.2, 0.25) is 0 Å². The maximum Gasteiger partial charge on any atom is 0.139 e. The van der Waals surface area contributed by atoms with Crippen LogP contribution in [-0.4, -0.2) is 23.2 Å². The molecule has 0 bridgehead atoms. The number of fused-ring (bicyclic) bond motifs is 1. The Labute approximate surface area is 94.3 Å². The molecule has 0 atom stereocenters. The van der Waals surface area contributed by atoms with E-state index in [-0.39, 0.29) is 0 Å². The van der Waals surface area contributed by atoms with E-state index in [0.29, 0.717) is 5.75 Å². The SMILES string of the molecule is Oc1ccc2ncccc2c1N1CCCC1. The number of aromatic nitrogens is 1. The number of phenolic OH excluding ortho intramolecular Hbond substituents is 1. The Balaban J connectivity index is 2.23. The van der Waals surface area contributed by atoms with Gasteiger partial charge < -0.3 is 10.0 Å². The average molecular weight is 214 g/mol. The second-order valence-electron chi connectivity index (χ2n) is 4.20. The number of phenols is 1. The van der Waals surface area contributed by atoms with Gasteiger partial charge in [0.15, 0.2) is 0 Å². The van der Waals surface area contributed by atoms with Crippen LogP contribution in [0.2, 0.25) is 0 Å². The van der Waals surface area contributed by atoms with Gasteiger partial charge in [-0.2, -0.15) is 0 Å². The molecule has 82 valence electrons. The summed E-state index contributed by atoms with van der Waals surface area (Å²) in [6.45, 7) is 2.06. The van der Waals surface area contributed by atoms with Crippen molar-refractivity contribution in [2.45, 2.75) is 12.8 Å². The third kappa shape index (κ3) is 1.40. The molecule has 1 aromatic heterocycles. The third-order valence-electron chi connectivity index (χ3n) is 3.16. The lowest BCUT2D eigenvalue weighted by Crippen LogP contribution is -2.18. The number of pyridine rings is 1. The van der Waals surface area contributed by atoms with Crippen molar-refractivity contribution in [1.82, 2.24) is 4.98 Å². The number of nitrogens with zero attached hydrogens (tertiary/aromatic N) is 2. The number of anilines is 1. The van der Waals surface area contributed by atoms with E-state index >= 15 is 0 Å². The van der Waals surface area contributed by atoms with Gasteiger partial charge in [0, 0.05) is 24.7 Å². The minimum absolute atomic E-state index is 0.363. The summed E-state index contributed by atoms with van der Waals surface area (Å²) < 4.78 is 0. The lowest BCUT2D eigenvalue weighted by atomic mass is 10.1. The number of hydrogen-bond acceptors (Lipinski definition) is 3. The van der Waals surface area contributed by atoms with E-state index in [1.165, 1.54) is 12.8 Å². The second kappa shape index (κ2) is 3.67. The summed E-state index contributed by atoms with van der Waals surface area (Å²) in [5, 5.41) is 11.0. The summed E-state index contributed by atoms with van der Waals surface area (Å²) in [5.74, 6) is 0.363. The molecule has 0 saturated carbocycles. The van der Waals surface area contributed by atoms with Crippen LogP contribution in [0.1, 0.15) is 12.8 Å². The van der Waals surface area contributed by atoms with Crippen molar-refractivity contribution in [3.63, 3.8) is 0 Å². The first-order valence-corrected chi connectivity index (χ1v) is 5.68. The van der Waals surface area contributed by atoms with Crippen molar-refractivity contribution in [2.75, 3.05) is 18.0 Å². The quantitative estimate of drug-likeness (QED) is 0.792. The first kappa shape index (κ1) is 9.46. The molecule has 1 aliphatic rings. The average Bonchev–Trinajstić information content (AvgIpc) is 2.82. The topological polar surface area (TPSA) is 36.4 Å². The standard InChI is InChI=1S/C13H14N2O/c16-12-6-5-11-10(4-3-7-14-11)13(12)15-8-1-2-9-15/h3-7,16H,1-2,8-9H2. The van der Waals surface area contributed by atoms with E-state index in [4.69, 9.17) is 0 Å². The fourth-order valence-corrected chi connectivity index (χ4v) is 2.40. The van der Waals surface area contributed by atoms with Crippen LogP contribution < -0.4 is 4.90 Å². The molecule has 1 fully saturated rings. The van der Waals surface area contributed by atoms with Crippen LogP contribution in [0.5, 0.6) is 5.75 Å². The molecular weight excluding hydrogens is 200 g/mol. The smallest absolute Gasteiger partial charge is 0.139 e. The van der Waals surface area contributed by atoms with Gasteiger partial charge in [0.1, 0.15) is 5.75 Å². The molecule has 3 heteroatoms. The molecule has 2 heterocycles. The number of rotatable bonds is 1. The molecule has 1 N–H and O–H groups in total. The lowest BCUT2D eigenvalue weighted by Gasteiger charge is -2.20. The molecule has 0 aliphatic carbocycles. The van der Waals surface area contributed by atoms with E-state index in [1.807, 2.05) is 18.2 Å². The van der Waals surface area contributed by atoms with E-state index in [0.717, 1.165) is 29.7 Å². The maximum atomic E-state index is 10.00. The fourth-order valence-electron chi connectivity index (χ4n) is 2.40.